The quantitative estimate of drug-likeness (QED) is 0.719. The van der Waals surface area contributed by atoms with Gasteiger partial charge in [0, 0.05) is 13.2 Å². The maximum Gasteiger partial charge on any atom is 0.0615 e. The van der Waals surface area contributed by atoms with Gasteiger partial charge in [-0.3, -0.25) is 0 Å². The van der Waals surface area contributed by atoms with Crippen LogP contribution in [0.15, 0.2) is 0 Å². The van der Waals surface area contributed by atoms with Gasteiger partial charge in [0.2, 0.25) is 0 Å². The topological polar surface area (TPSA) is 21.3 Å². The molecule has 0 aliphatic heterocycles. The molecule has 2 bridgehead atoms. The van der Waals surface area contributed by atoms with E-state index in [4.69, 9.17) is 4.74 Å². The summed E-state index contributed by atoms with van der Waals surface area (Å²) in [6.07, 6.45) is 8.52. The lowest BCUT2D eigenvalue weighted by molar-refractivity contribution is 0.156. The van der Waals surface area contributed by atoms with Gasteiger partial charge in [-0.1, -0.05) is 19.8 Å². The van der Waals surface area contributed by atoms with Crippen LogP contribution in [0, 0.1) is 17.8 Å². The van der Waals surface area contributed by atoms with Gasteiger partial charge in [0.15, 0.2) is 0 Å². The summed E-state index contributed by atoms with van der Waals surface area (Å²) in [6.45, 7) is 4.35. The molecule has 2 rings (SSSR count). The Balaban J connectivity index is 1.69. The van der Waals surface area contributed by atoms with Crippen molar-refractivity contribution in [2.24, 2.45) is 17.8 Å². The van der Waals surface area contributed by atoms with Crippen molar-refractivity contribution in [2.75, 3.05) is 20.3 Å². The van der Waals surface area contributed by atoms with Crippen LogP contribution in [0.1, 0.15) is 45.4 Å². The van der Waals surface area contributed by atoms with E-state index in [-0.39, 0.29) is 0 Å². The van der Waals surface area contributed by atoms with Crippen LogP contribution in [0.3, 0.4) is 0 Å². The molecule has 2 heteroatoms. The van der Waals surface area contributed by atoms with Gasteiger partial charge in [0.05, 0.1) is 6.61 Å². The van der Waals surface area contributed by atoms with Crippen molar-refractivity contribution < 1.29 is 4.74 Å². The van der Waals surface area contributed by atoms with Crippen LogP contribution in [-0.4, -0.2) is 26.3 Å². The van der Waals surface area contributed by atoms with Gasteiger partial charge in [0.25, 0.3) is 0 Å². The fourth-order valence-electron chi connectivity index (χ4n) is 3.74. The third-order valence-electron chi connectivity index (χ3n) is 4.56. The first-order valence-electron chi connectivity index (χ1n) is 7.05. The van der Waals surface area contributed by atoms with Gasteiger partial charge in [-0.15, -0.1) is 0 Å². The molecule has 0 radical (unpaired) electrons. The van der Waals surface area contributed by atoms with Crippen molar-refractivity contribution in [3.05, 3.63) is 0 Å². The highest BCUT2D eigenvalue weighted by atomic mass is 16.5. The summed E-state index contributed by atoms with van der Waals surface area (Å²) in [5.41, 5.74) is 0. The van der Waals surface area contributed by atoms with E-state index in [9.17, 15) is 0 Å². The second-order valence-electron chi connectivity index (χ2n) is 5.78. The van der Waals surface area contributed by atoms with Gasteiger partial charge >= 0.3 is 0 Å². The summed E-state index contributed by atoms with van der Waals surface area (Å²) in [4.78, 5) is 0. The van der Waals surface area contributed by atoms with E-state index >= 15 is 0 Å². The second kappa shape index (κ2) is 6.02. The third-order valence-corrected chi connectivity index (χ3v) is 4.56. The molecule has 0 heterocycles. The zero-order chi connectivity index (χ0) is 11.4. The van der Waals surface area contributed by atoms with E-state index in [1.807, 2.05) is 7.11 Å². The second-order valence-corrected chi connectivity index (χ2v) is 5.78. The Hall–Kier alpha value is -0.0800. The van der Waals surface area contributed by atoms with E-state index in [1.54, 1.807) is 0 Å². The molecule has 2 nitrogen and oxygen atoms in total. The van der Waals surface area contributed by atoms with Gasteiger partial charge in [0.1, 0.15) is 0 Å². The maximum absolute atomic E-state index is 5.27. The number of hydrogen-bond acceptors (Lipinski definition) is 2. The SMILES string of the molecule is CCCC(COC)NCC1CC2CCC1C2. The van der Waals surface area contributed by atoms with E-state index in [1.165, 1.54) is 45.1 Å². The Morgan fingerprint density at radius 1 is 1.31 bits per heavy atom. The molecule has 94 valence electrons. The van der Waals surface area contributed by atoms with Gasteiger partial charge in [-0.25, -0.2) is 0 Å². The molecular weight excluding hydrogens is 198 g/mol. The monoisotopic (exact) mass is 225 g/mol. The Labute approximate surface area is 100 Å². The van der Waals surface area contributed by atoms with Crippen LogP contribution in [-0.2, 0) is 4.74 Å². The van der Waals surface area contributed by atoms with Gasteiger partial charge < -0.3 is 10.1 Å². The molecule has 0 saturated heterocycles. The molecule has 2 aliphatic rings. The lowest BCUT2D eigenvalue weighted by Gasteiger charge is -2.25. The molecule has 2 saturated carbocycles. The fraction of sp³-hybridized carbons (Fsp3) is 1.00. The van der Waals surface area contributed by atoms with Crippen LogP contribution >= 0.6 is 0 Å². The van der Waals surface area contributed by atoms with Crippen molar-refractivity contribution in [3.8, 4) is 0 Å². The highest BCUT2D eigenvalue weighted by Crippen LogP contribution is 2.47. The Kier molecular flexibility index (Phi) is 4.66. The normalized spacial score (nSPS) is 34.5. The molecule has 0 aromatic rings. The zero-order valence-corrected chi connectivity index (χ0v) is 10.9. The largest absolute Gasteiger partial charge is 0.383 e. The first kappa shape index (κ1) is 12.4. The van der Waals surface area contributed by atoms with Crippen LogP contribution in [0.2, 0.25) is 0 Å². The first-order chi connectivity index (χ1) is 7.83. The van der Waals surface area contributed by atoms with Crippen molar-refractivity contribution in [1.29, 1.82) is 0 Å². The number of ether oxygens (including phenoxy) is 1. The van der Waals surface area contributed by atoms with E-state index < -0.39 is 0 Å². The van der Waals surface area contributed by atoms with Crippen LogP contribution in [0.25, 0.3) is 0 Å². The molecular formula is C14H27NO. The Bertz CT molecular complexity index is 201. The van der Waals surface area contributed by atoms with Crippen molar-refractivity contribution in [1.82, 2.24) is 5.32 Å². The molecule has 0 spiro atoms. The highest BCUT2D eigenvalue weighted by Gasteiger charge is 2.39. The molecule has 16 heavy (non-hydrogen) atoms. The van der Waals surface area contributed by atoms with Gasteiger partial charge in [-0.05, 0) is 50.0 Å². The van der Waals surface area contributed by atoms with Crippen molar-refractivity contribution in [2.45, 2.75) is 51.5 Å². The summed E-state index contributed by atoms with van der Waals surface area (Å²) < 4.78 is 5.27. The molecule has 0 aromatic heterocycles. The smallest absolute Gasteiger partial charge is 0.0615 e. The van der Waals surface area contributed by atoms with Crippen molar-refractivity contribution >= 4 is 0 Å². The first-order valence-corrected chi connectivity index (χ1v) is 7.05. The van der Waals surface area contributed by atoms with E-state index in [2.05, 4.69) is 12.2 Å². The number of methoxy groups -OCH3 is 1. The standard InChI is InChI=1S/C14H27NO/c1-3-4-14(10-16-2)15-9-13-8-11-5-6-12(13)7-11/h11-15H,3-10H2,1-2H3. The maximum atomic E-state index is 5.27. The van der Waals surface area contributed by atoms with Gasteiger partial charge in [-0.2, -0.15) is 0 Å². The van der Waals surface area contributed by atoms with Crippen molar-refractivity contribution in [3.63, 3.8) is 0 Å². The molecule has 2 fully saturated rings. The number of rotatable bonds is 7. The summed E-state index contributed by atoms with van der Waals surface area (Å²) >= 11 is 0. The van der Waals surface area contributed by atoms with Crippen LogP contribution in [0.5, 0.6) is 0 Å². The summed E-state index contributed by atoms with van der Waals surface area (Å²) in [5, 5.41) is 3.72. The minimum absolute atomic E-state index is 0.578. The number of nitrogens with one attached hydrogen (secondary N) is 1. The van der Waals surface area contributed by atoms with Crippen LogP contribution in [0.4, 0.5) is 0 Å². The molecule has 0 aromatic carbocycles. The highest BCUT2D eigenvalue weighted by molar-refractivity contribution is 4.91. The Morgan fingerprint density at radius 2 is 2.19 bits per heavy atom. The minimum atomic E-state index is 0.578. The summed E-state index contributed by atoms with van der Waals surface area (Å²) in [6, 6.07) is 0.578. The average Bonchev–Trinajstić information content (AvgIpc) is 2.88. The summed E-state index contributed by atoms with van der Waals surface area (Å²) in [7, 11) is 1.81. The lowest BCUT2D eigenvalue weighted by Crippen LogP contribution is -2.37. The van der Waals surface area contributed by atoms with E-state index in [0.29, 0.717) is 6.04 Å². The predicted molar refractivity (Wildman–Crippen MR) is 67.5 cm³/mol. The average molecular weight is 225 g/mol. The molecule has 4 atom stereocenters. The Morgan fingerprint density at radius 3 is 2.75 bits per heavy atom. The zero-order valence-electron chi connectivity index (χ0n) is 10.9. The fourth-order valence-corrected chi connectivity index (χ4v) is 3.74. The molecule has 4 unspecified atom stereocenters. The van der Waals surface area contributed by atoms with Crippen LogP contribution < -0.4 is 5.32 Å². The molecule has 0 amide bonds. The molecule has 2 aliphatic carbocycles. The third kappa shape index (κ3) is 2.98. The molecule has 1 N–H and O–H groups in total. The predicted octanol–water partition coefficient (Wildman–Crippen LogP) is 2.83. The number of fused-ring (bicyclic) bond motifs is 2. The lowest BCUT2D eigenvalue weighted by atomic mass is 9.88. The summed E-state index contributed by atoms with van der Waals surface area (Å²) in [5.74, 6) is 3.08. The number of hydrogen-bond donors (Lipinski definition) is 1. The van der Waals surface area contributed by atoms with E-state index in [0.717, 1.165) is 24.4 Å². The minimum Gasteiger partial charge on any atom is -0.383 e.